The van der Waals surface area contributed by atoms with Gasteiger partial charge in [-0.05, 0) is 12.1 Å². The van der Waals surface area contributed by atoms with Crippen LogP contribution in [0.25, 0.3) is 0 Å². The third kappa shape index (κ3) is 6.51. The number of hydrogen-bond acceptors (Lipinski definition) is 3. The summed E-state index contributed by atoms with van der Waals surface area (Å²) in [5.41, 5.74) is 9.40. The van der Waals surface area contributed by atoms with E-state index in [-0.39, 0.29) is 17.3 Å². The van der Waals surface area contributed by atoms with Gasteiger partial charge in [0.05, 0.1) is 4.90 Å². The Bertz CT molecular complexity index is 451. The molecular weight excluding hydrogens is 232 g/mol. The Morgan fingerprint density at radius 3 is 1.88 bits per heavy atom. The molecule has 1 aromatic rings. The molecule has 0 radical (unpaired) electrons. The number of carbonyl (C=O) groups is 1. The van der Waals surface area contributed by atoms with Crippen LogP contribution >= 0.6 is 0 Å². The van der Waals surface area contributed by atoms with Crippen LogP contribution in [0.15, 0.2) is 40.2 Å². The van der Waals surface area contributed by atoms with E-state index in [0.717, 1.165) is 0 Å². The second kappa shape index (κ2) is 6.53. The molecule has 0 spiro atoms. The van der Waals surface area contributed by atoms with Crippen LogP contribution in [0.2, 0.25) is 0 Å². The quantitative estimate of drug-likeness (QED) is 0.338. The molecule has 6 N–H and O–H groups in total. The summed E-state index contributed by atoms with van der Waals surface area (Å²) in [6.07, 6.45) is 0.287. The van der Waals surface area contributed by atoms with Crippen molar-refractivity contribution in [3.05, 3.63) is 30.3 Å². The van der Waals surface area contributed by atoms with E-state index in [4.69, 9.17) is 16.6 Å². The van der Waals surface area contributed by atoms with Gasteiger partial charge in [0.15, 0.2) is 5.96 Å². The molecule has 0 aliphatic rings. The lowest BCUT2D eigenvalue weighted by Crippen LogP contribution is -2.22. The van der Waals surface area contributed by atoms with E-state index in [9.17, 15) is 13.2 Å². The number of amides is 1. The van der Waals surface area contributed by atoms with Crippen LogP contribution in [-0.4, -0.2) is 20.8 Å². The first-order valence-corrected chi connectivity index (χ1v) is 5.53. The first-order valence-electron chi connectivity index (χ1n) is 3.98. The van der Waals surface area contributed by atoms with E-state index in [1.165, 1.54) is 12.1 Å². The topological polar surface area (TPSA) is 142 Å². The predicted molar refractivity (Wildman–Crippen MR) is 59.7 cm³/mol. The Morgan fingerprint density at radius 2 is 1.69 bits per heavy atom. The van der Waals surface area contributed by atoms with Crippen molar-refractivity contribution < 1.29 is 13.2 Å². The number of guanidine groups is 1. The lowest BCUT2D eigenvalue weighted by atomic mass is 10.4. The molecule has 1 amide bonds. The predicted octanol–water partition coefficient (Wildman–Crippen LogP) is -1.25. The molecular formula is C8H12N4O3S. The Kier molecular flexibility index (Phi) is 5.75. The van der Waals surface area contributed by atoms with E-state index in [2.05, 4.69) is 4.99 Å². The minimum atomic E-state index is -3.50. The van der Waals surface area contributed by atoms with Gasteiger partial charge in [0.1, 0.15) is 0 Å². The van der Waals surface area contributed by atoms with Crippen LogP contribution in [0.4, 0.5) is 0 Å². The van der Waals surface area contributed by atoms with Crippen molar-refractivity contribution in [2.24, 2.45) is 21.6 Å². The van der Waals surface area contributed by atoms with Gasteiger partial charge in [0.25, 0.3) is 0 Å². The summed E-state index contributed by atoms with van der Waals surface area (Å²) in [6.45, 7) is 0. The monoisotopic (exact) mass is 244 g/mol. The van der Waals surface area contributed by atoms with Gasteiger partial charge in [-0.15, -0.1) is 0 Å². The van der Waals surface area contributed by atoms with Gasteiger partial charge in [0.2, 0.25) is 16.4 Å². The van der Waals surface area contributed by atoms with Crippen LogP contribution in [0.3, 0.4) is 0 Å². The fourth-order valence-corrected chi connectivity index (χ4v) is 1.21. The molecule has 0 aromatic heterocycles. The van der Waals surface area contributed by atoms with Crippen LogP contribution < -0.4 is 16.6 Å². The van der Waals surface area contributed by atoms with Crippen molar-refractivity contribution in [3.8, 4) is 0 Å². The van der Waals surface area contributed by atoms with Crippen LogP contribution in [-0.2, 0) is 14.8 Å². The second-order valence-corrected chi connectivity index (χ2v) is 4.08. The molecule has 0 bridgehead atoms. The molecule has 0 aliphatic carbocycles. The molecule has 1 aromatic carbocycles. The number of benzene rings is 1. The van der Waals surface area contributed by atoms with Gasteiger partial charge in [-0.25, -0.2) is 13.6 Å². The summed E-state index contributed by atoms with van der Waals surface area (Å²) in [5.74, 6) is -0.204. The zero-order chi connectivity index (χ0) is 12.6. The Morgan fingerprint density at radius 1 is 1.19 bits per heavy atom. The van der Waals surface area contributed by atoms with Crippen LogP contribution in [0.1, 0.15) is 0 Å². The number of aliphatic imine (C=N–C) groups is 1. The summed E-state index contributed by atoms with van der Waals surface area (Å²) in [5, 5.41) is 4.83. The number of sulfonamides is 1. The van der Waals surface area contributed by atoms with E-state index in [0.29, 0.717) is 0 Å². The standard InChI is InChI=1S/C6H7NO2S.C2H5N3O/c7-10(8,9)6-4-2-1-3-5-6;3-2(4)5-1-6/h1-5H,(H2,7,8,9);1H,(H4,3,4,5,6). The highest BCUT2D eigenvalue weighted by molar-refractivity contribution is 7.89. The van der Waals surface area contributed by atoms with Gasteiger partial charge in [-0.1, -0.05) is 18.2 Å². The van der Waals surface area contributed by atoms with Gasteiger partial charge in [0, 0.05) is 0 Å². The number of nitrogens with zero attached hydrogens (tertiary/aromatic N) is 1. The molecule has 0 unspecified atom stereocenters. The maximum atomic E-state index is 10.6. The highest BCUT2D eigenvalue weighted by atomic mass is 32.2. The minimum Gasteiger partial charge on any atom is -0.370 e. The Balaban J connectivity index is 0.000000325. The smallest absolute Gasteiger partial charge is 0.238 e. The molecule has 0 saturated heterocycles. The maximum absolute atomic E-state index is 10.6. The molecule has 88 valence electrons. The average molecular weight is 244 g/mol. The van der Waals surface area contributed by atoms with Crippen molar-refractivity contribution in [1.29, 1.82) is 0 Å². The van der Waals surface area contributed by atoms with Gasteiger partial charge >= 0.3 is 0 Å². The van der Waals surface area contributed by atoms with E-state index < -0.39 is 10.0 Å². The molecule has 0 heterocycles. The van der Waals surface area contributed by atoms with Crippen molar-refractivity contribution in [3.63, 3.8) is 0 Å². The lowest BCUT2D eigenvalue weighted by molar-refractivity contribution is -0.106. The zero-order valence-electron chi connectivity index (χ0n) is 8.28. The largest absolute Gasteiger partial charge is 0.370 e. The molecule has 8 heteroatoms. The lowest BCUT2D eigenvalue weighted by Gasteiger charge is -1.93. The van der Waals surface area contributed by atoms with Crippen molar-refractivity contribution in [2.45, 2.75) is 4.90 Å². The molecule has 1 rings (SSSR count). The summed E-state index contributed by atoms with van der Waals surface area (Å²) in [6, 6.07) is 7.89. The second-order valence-electron chi connectivity index (χ2n) is 2.52. The number of hydrogen-bond donors (Lipinski definition) is 3. The third-order valence-corrected chi connectivity index (χ3v) is 2.20. The highest BCUT2D eigenvalue weighted by Crippen LogP contribution is 2.02. The molecule has 0 fully saturated rings. The zero-order valence-corrected chi connectivity index (χ0v) is 9.09. The molecule has 7 nitrogen and oxygen atoms in total. The number of rotatable bonds is 2. The van der Waals surface area contributed by atoms with Gasteiger partial charge < -0.3 is 11.5 Å². The van der Waals surface area contributed by atoms with Gasteiger partial charge in [-0.3, -0.25) is 4.79 Å². The Labute approximate surface area is 93.0 Å². The fourth-order valence-electron chi connectivity index (χ4n) is 0.671. The molecule has 16 heavy (non-hydrogen) atoms. The minimum absolute atomic E-state index is 0.148. The van der Waals surface area contributed by atoms with E-state index in [1.54, 1.807) is 18.2 Å². The molecule has 0 aliphatic heterocycles. The Hall–Kier alpha value is -1.93. The average Bonchev–Trinajstić information content (AvgIpc) is 2.18. The van der Waals surface area contributed by atoms with E-state index >= 15 is 0 Å². The summed E-state index contributed by atoms with van der Waals surface area (Å²) < 4.78 is 21.2. The SMILES string of the molecule is NC(N)=NC=O.NS(=O)(=O)c1ccccc1. The van der Waals surface area contributed by atoms with Gasteiger partial charge in [-0.2, -0.15) is 4.99 Å². The maximum Gasteiger partial charge on any atom is 0.238 e. The first kappa shape index (κ1) is 14.1. The molecule has 0 atom stereocenters. The van der Waals surface area contributed by atoms with Crippen molar-refractivity contribution >= 4 is 22.4 Å². The van der Waals surface area contributed by atoms with Crippen molar-refractivity contribution in [1.82, 2.24) is 0 Å². The van der Waals surface area contributed by atoms with Crippen LogP contribution in [0, 0.1) is 0 Å². The third-order valence-electron chi connectivity index (χ3n) is 1.27. The first-order chi connectivity index (χ1) is 7.38. The van der Waals surface area contributed by atoms with E-state index in [1.807, 2.05) is 0 Å². The fraction of sp³-hybridized carbons (Fsp3) is 0. The van der Waals surface area contributed by atoms with Crippen LogP contribution in [0.5, 0.6) is 0 Å². The summed E-state index contributed by atoms with van der Waals surface area (Å²) in [7, 11) is -3.50. The molecule has 0 saturated carbocycles. The number of nitrogens with two attached hydrogens (primary N) is 3. The normalized spacial score (nSPS) is 9.56. The summed E-state index contributed by atoms with van der Waals surface area (Å²) in [4.78, 5) is 12.3. The van der Waals surface area contributed by atoms with Crippen molar-refractivity contribution in [2.75, 3.05) is 0 Å². The summed E-state index contributed by atoms with van der Waals surface area (Å²) >= 11 is 0. The number of carbonyl (C=O) groups excluding carboxylic acids is 1. The number of primary sulfonamides is 1. The highest BCUT2D eigenvalue weighted by Gasteiger charge is 2.03.